The SMILES string of the molecule is CC(C)OC(=O)C(C(C)C)C(C)OC(=O)C=Cc1ccccc1. The predicted molar refractivity (Wildman–Crippen MR) is 90.6 cm³/mol. The van der Waals surface area contributed by atoms with Crippen molar-refractivity contribution in [3.63, 3.8) is 0 Å². The number of carbonyl (C=O) groups excluding carboxylic acids is 2. The van der Waals surface area contributed by atoms with Crippen molar-refractivity contribution in [1.82, 2.24) is 0 Å². The van der Waals surface area contributed by atoms with Crippen molar-refractivity contribution in [1.29, 1.82) is 0 Å². The van der Waals surface area contributed by atoms with Crippen molar-refractivity contribution < 1.29 is 19.1 Å². The van der Waals surface area contributed by atoms with Crippen LogP contribution in [0.3, 0.4) is 0 Å². The molecule has 0 aromatic heterocycles. The van der Waals surface area contributed by atoms with Gasteiger partial charge in [0.15, 0.2) is 0 Å². The molecule has 23 heavy (non-hydrogen) atoms. The van der Waals surface area contributed by atoms with Gasteiger partial charge in [0.05, 0.1) is 12.0 Å². The molecule has 126 valence electrons. The summed E-state index contributed by atoms with van der Waals surface area (Å²) in [5.41, 5.74) is 0.914. The molecule has 0 heterocycles. The topological polar surface area (TPSA) is 52.6 Å². The molecular formula is C19H26O4. The van der Waals surface area contributed by atoms with Crippen LogP contribution in [0, 0.1) is 11.8 Å². The second-order valence-corrected chi connectivity index (χ2v) is 6.14. The highest BCUT2D eigenvalue weighted by atomic mass is 16.6. The lowest BCUT2D eigenvalue weighted by Gasteiger charge is -2.26. The average molecular weight is 318 g/mol. The minimum absolute atomic E-state index is 0.0159. The molecule has 2 atom stereocenters. The maximum atomic E-state index is 12.2. The Balaban J connectivity index is 2.67. The smallest absolute Gasteiger partial charge is 0.331 e. The van der Waals surface area contributed by atoms with Crippen LogP contribution in [0.2, 0.25) is 0 Å². The van der Waals surface area contributed by atoms with Gasteiger partial charge >= 0.3 is 11.9 Å². The molecule has 0 radical (unpaired) electrons. The zero-order valence-electron chi connectivity index (χ0n) is 14.5. The molecule has 0 spiro atoms. The van der Waals surface area contributed by atoms with Gasteiger partial charge in [0.2, 0.25) is 0 Å². The highest BCUT2D eigenvalue weighted by Gasteiger charge is 2.32. The number of hydrogen-bond donors (Lipinski definition) is 0. The molecule has 0 aliphatic heterocycles. The third-order valence-electron chi connectivity index (χ3n) is 3.36. The van der Waals surface area contributed by atoms with Crippen LogP contribution in [0.15, 0.2) is 36.4 Å². The monoisotopic (exact) mass is 318 g/mol. The molecule has 0 saturated carbocycles. The highest BCUT2D eigenvalue weighted by Crippen LogP contribution is 2.21. The van der Waals surface area contributed by atoms with E-state index in [2.05, 4.69) is 0 Å². The minimum atomic E-state index is -0.547. The summed E-state index contributed by atoms with van der Waals surface area (Å²) < 4.78 is 10.6. The Hall–Kier alpha value is -2.10. The van der Waals surface area contributed by atoms with Gasteiger partial charge in [-0.2, -0.15) is 0 Å². The van der Waals surface area contributed by atoms with Crippen molar-refractivity contribution in [3.8, 4) is 0 Å². The van der Waals surface area contributed by atoms with Crippen LogP contribution >= 0.6 is 0 Å². The van der Waals surface area contributed by atoms with Crippen molar-refractivity contribution in [3.05, 3.63) is 42.0 Å². The van der Waals surface area contributed by atoms with Gasteiger partial charge in [-0.3, -0.25) is 4.79 Å². The number of hydrogen-bond acceptors (Lipinski definition) is 4. The summed E-state index contributed by atoms with van der Waals surface area (Å²) in [5, 5.41) is 0. The molecule has 4 heteroatoms. The summed E-state index contributed by atoms with van der Waals surface area (Å²) in [5.74, 6) is -1.26. The summed E-state index contributed by atoms with van der Waals surface area (Å²) in [6.45, 7) is 9.15. The molecule has 1 rings (SSSR count). The van der Waals surface area contributed by atoms with E-state index in [1.54, 1.807) is 26.8 Å². The number of rotatable bonds is 7. The van der Waals surface area contributed by atoms with Gasteiger partial charge in [-0.15, -0.1) is 0 Å². The molecule has 2 unspecified atom stereocenters. The van der Waals surface area contributed by atoms with Gasteiger partial charge in [0, 0.05) is 6.08 Å². The Bertz CT molecular complexity index is 532. The van der Waals surface area contributed by atoms with E-state index in [0.29, 0.717) is 0 Å². The van der Waals surface area contributed by atoms with Crippen LogP contribution < -0.4 is 0 Å². The molecule has 0 aliphatic rings. The van der Waals surface area contributed by atoms with Gasteiger partial charge in [-0.25, -0.2) is 4.79 Å². The molecular weight excluding hydrogens is 292 g/mol. The van der Waals surface area contributed by atoms with E-state index < -0.39 is 18.0 Å². The van der Waals surface area contributed by atoms with Gasteiger partial charge < -0.3 is 9.47 Å². The normalized spacial score (nSPS) is 14.0. The lowest BCUT2D eigenvalue weighted by molar-refractivity contribution is -0.163. The molecule has 0 aliphatic carbocycles. The van der Waals surface area contributed by atoms with Crippen molar-refractivity contribution in [2.24, 2.45) is 11.8 Å². The molecule has 1 aromatic carbocycles. The summed E-state index contributed by atoms with van der Waals surface area (Å²) in [7, 11) is 0. The predicted octanol–water partition coefficient (Wildman–Crippen LogP) is 3.86. The number of esters is 2. The van der Waals surface area contributed by atoms with Crippen LogP contribution in [-0.4, -0.2) is 24.1 Å². The third kappa shape index (κ3) is 6.68. The van der Waals surface area contributed by atoms with Crippen LogP contribution in [0.1, 0.15) is 40.2 Å². The molecule has 4 nitrogen and oxygen atoms in total. The Morgan fingerprint density at radius 2 is 1.57 bits per heavy atom. The van der Waals surface area contributed by atoms with Crippen molar-refractivity contribution in [2.75, 3.05) is 0 Å². The van der Waals surface area contributed by atoms with Gasteiger partial charge in [-0.1, -0.05) is 44.2 Å². The largest absolute Gasteiger partial charge is 0.463 e. The third-order valence-corrected chi connectivity index (χ3v) is 3.36. The van der Waals surface area contributed by atoms with Crippen LogP contribution in [0.25, 0.3) is 6.08 Å². The fraction of sp³-hybridized carbons (Fsp3) is 0.474. The Morgan fingerprint density at radius 3 is 2.09 bits per heavy atom. The minimum Gasteiger partial charge on any atom is -0.463 e. The fourth-order valence-corrected chi connectivity index (χ4v) is 2.34. The Kier molecular flexibility index (Phi) is 7.52. The average Bonchev–Trinajstić information content (AvgIpc) is 2.45. The zero-order chi connectivity index (χ0) is 17.4. The van der Waals surface area contributed by atoms with E-state index in [-0.39, 0.29) is 18.0 Å². The first-order valence-electron chi connectivity index (χ1n) is 7.95. The first kappa shape index (κ1) is 18.9. The Labute approximate surface area is 138 Å². The lowest BCUT2D eigenvalue weighted by atomic mass is 9.91. The van der Waals surface area contributed by atoms with E-state index in [0.717, 1.165) is 5.56 Å². The summed E-state index contributed by atoms with van der Waals surface area (Å²) >= 11 is 0. The van der Waals surface area contributed by atoms with E-state index in [9.17, 15) is 9.59 Å². The second-order valence-electron chi connectivity index (χ2n) is 6.14. The quantitative estimate of drug-likeness (QED) is 0.566. The van der Waals surface area contributed by atoms with Gasteiger partial charge in [0.25, 0.3) is 0 Å². The van der Waals surface area contributed by atoms with Gasteiger partial charge in [0.1, 0.15) is 6.10 Å². The molecule has 0 fully saturated rings. The first-order chi connectivity index (χ1) is 10.8. The van der Waals surface area contributed by atoms with Crippen LogP contribution in [-0.2, 0) is 19.1 Å². The molecule has 0 saturated heterocycles. The second kappa shape index (κ2) is 9.13. The Morgan fingerprint density at radius 1 is 0.957 bits per heavy atom. The standard InChI is InChI=1S/C19H26O4/c1-13(2)18(19(21)22-14(3)4)15(5)23-17(20)12-11-16-9-7-6-8-10-16/h6-15,18H,1-5H3. The maximum Gasteiger partial charge on any atom is 0.331 e. The van der Waals surface area contributed by atoms with Crippen LogP contribution in [0.4, 0.5) is 0 Å². The molecule has 0 amide bonds. The van der Waals surface area contributed by atoms with Crippen LogP contribution in [0.5, 0.6) is 0 Å². The fourth-order valence-electron chi connectivity index (χ4n) is 2.34. The summed E-state index contributed by atoms with van der Waals surface area (Å²) in [6, 6.07) is 9.48. The first-order valence-corrected chi connectivity index (χ1v) is 7.95. The maximum absolute atomic E-state index is 12.2. The highest BCUT2D eigenvalue weighted by molar-refractivity contribution is 5.87. The molecule has 1 aromatic rings. The van der Waals surface area contributed by atoms with Crippen molar-refractivity contribution >= 4 is 18.0 Å². The van der Waals surface area contributed by atoms with E-state index in [4.69, 9.17) is 9.47 Å². The van der Waals surface area contributed by atoms with Crippen molar-refractivity contribution in [2.45, 2.75) is 46.8 Å². The number of benzene rings is 1. The number of carbonyl (C=O) groups is 2. The lowest BCUT2D eigenvalue weighted by Crippen LogP contribution is -2.36. The zero-order valence-corrected chi connectivity index (χ0v) is 14.5. The van der Waals surface area contributed by atoms with E-state index in [1.165, 1.54) is 6.08 Å². The van der Waals surface area contributed by atoms with E-state index >= 15 is 0 Å². The van der Waals surface area contributed by atoms with E-state index in [1.807, 2.05) is 44.2 Å². The number of ether oxygens (including phenoxy) is 2. The molecule has 0 N–H and O–H groups in total. The summed E-state index contributed by atoms with van der Waals surface area (Å²) in [6.07, 6.45) is 2.32. The molecule has 0 bridgehead atoms. The van der Waals surface area contributed by atoms with Gasteiger partial charge in [-0.05, 0) is 38.3 Å². The summed E-state index contributed by atoms with van der Waals surface area (Å²) in [4.78, 5) is 24.1.